The third kappa shape index (κ3) is 6.55. The number of nitrogens with zero attached hydrogens (tertiary/aromatic N) is 6. The van der Waals surface area contributed by atoms with Gasteiger partial charge in [0.15, 0.2) is 11.6 Å². The predicted molar refractivity (Wildman–Crippen MR) is 218 cm³/mol. The van der Waals surface area contributed by atoms with E-state index >= 15 is 0 Å². The van der Waals surface area contributed by atoms with Crippen molar-refractivity contribution in [2.45, 2.75) is 114 Å². The summed E-state index contributed by atoms with van der Waals surface area (Å²) in [6.45, 7) is 11.7. The summed E-state index contributed by atoms with van der Waals surface area (Å²) in [5, 5.41) is 15.3. The number of aliphatic hydroxyl groups is 1. The zero-order valence-electron chi connectivity index (χ0n) is 32.6. The fourth-order valence-corrected chi connectivity index (χ4v) is 11.4. The van der Waals surface area contributed by atoms with E-state index in [2.05, 4.69) is 73.6 Å². The van der Waals surface area contributed by atoms with Crippen LogP contribution in [-0.2, 0) is 10.2 Å². The van der Waals surface area contributed by atoms with Gasteiger partial charge in [0.2, 0.25) is 5.91 Å². The Bertz CT molecular complexity index is 2120. The van der Waals surface area contributed by atoms with Gasteiger partial charge in [-0.25, -0.2) is 0 Å². The molecule has 1 saturated carbocycles. The normalized spacial score (nSPS) is 23.9. The number of fused-ring (bicyclic) bond motifs is 7. The van der Waals surface area contributed by atoms with Crippen LogP contribution in [0.15, 0.2) is 56.3 Å². The molecule has 5 aliphatic rings. The van der Waals surface area contributed by atoms with Crippen LogP contribution in [0.1, 0.15) is 120 Å². The number of rotatable bonds is 7. The molecule has 1 N–H and O–H groups in total. The molecule has 4 aliphatic heterocycles. The first-order valence-corrected chi connectivity index (χ1v) is 21.7. The number of amides is 1. The molecule has 55 heavy (non-hydrogen) atoms. The molecule has 10 nitrogen and oxygen atoms in total. The van der Waals surface area contributed by atoms with E-state index in [-0.39, 0.29) is 28.8 Å². The lowest BCUT2D eigenvalue weighted by Gasteiger charge is -2.38. The van der Waals surface area contributed by atoms with E-state index in [1.54, 1.807) is 0 Å². The largest absolute Gasteiger partial charge is 0.391 e. The summed E-state index contributed by atoms with van der Waals surface area (Å²) in [5.41, 5.74) is 4.66. The van der Waals surface area contributed by atoms with Crippen molar-refractivity contribution >= 4 is 38.6 Å². The minimum Gasteiger partial charge on any atom is -0.391 e. The summed E-state index contributed by atoms with van der Waals surface area (Å²) in [6, 6.07) is 15.2. The second-order valence-corrected chi connectivity index (χ2v) is 18.5. The quantitative estimate of drug-likeness (QED) is 0.205. The van der Waals surface area contributed by atoms with Gasteiger partial charge in [0.05, 0.1) is 28.1 Å². The molecular formula is C44H55BrN6O4. The highest BCUT2D eigenvalue weighted by molar-refractivity contribution is 9.10. The number of carbonyl (C=O) groups is 1. The lowest BCUT2D eigenvalue weighted by Crippen LogP contribution is -2.41. The molecule has 1 aliphatic carbocycles. The molecule has 0 radical (unpaired) electrons. The van der Waals surface area contributed by atoms with Crippen LogP contribution in [0.25, 0.3) is 16.6 Å². The molecule has 0 bridgehead atoms. The van der Waals surface area contributed by atoms with Gasteiger partial charge >= 0.3 is 0 Å². The average Bonchev–Trinajstić information content (AvgIpc) is 3.87. The van der Waals surface area contributed by atoms with Crippen LogP contribution < -0.4 is 10.5 Å². The first-order chi connectivity index (χ1) is 26.6. The minimum atomic E-state index is -0.458. The molecule has 6 heterocycles. The highest BCUT2D eigenvalue weighted by Crippen LogP contribution is 2.52. The van der Waals surface area contributed by atoms with Crippen molar-refractivity contribution in [1.29, 1.82) is 0 Å². The van der Waals surface area contributed by atoms with E-state index in [0.29, 0.717) is 35.9 Å². The van der Waals surface area contributed by atoms with Gasteiger partial charge in [-0.3, -0.25) is 14.2 Å². The Balaban J connectivity index is 0.832. The number of aromatic nitrogens is 3. The first kappa shape index (κ1) is 37.1. The summed E-state index contributed by atoms with van der Waals surface area (Å²) < 4.78 is 8.96. The molecule has 4 fully saturated rings. The van der Waals surface area contributed by atoms with E-state index < -0.39 is 12.0 Å². The Morgan fingerprint density at radius 1 is 1.02 bits per heavy atom. The van der Waals surface area contributed by atoms with E-state index in [9.17, 15) is 14.7 Å². The fraction of sp³-hybridized carbons (Fsp3) is 0.591. The second-order valence-electron chi connectivity index (χ2n) is 17.7. The molecule has 292 valence electrons. The maximum atomic E-state index is 13.6. The number of halogens is 1. The number of carbonyl (C=O) groups excluding carboxylic acids is 1. The molecule has 2 aromatic carbocycles. The summed E-state index contributed by atoms with van der Waals surface area (Å²) in [6.07, 6.45) is 10.4. The number of β-amino-alcohol motifs (C(OH)–C–C–N with tert-alkyl or cyclic N) is 1. The summed E-state index contributed by atoms with van der Waals surface area (Å²) in [7, 11) is 0. The highest BCUT2D eigenvalue weighted by atomic mass is 79.9. The monoisotopic (exact) mass is 810 g/mol. The van der Waals surface area contributed by atoms with Gasteiger partial charge < -0.3 is 24.3 Å². The molecule has 1 amide bonds. The van der Waals surface area contributed by atoms with Crippen LogP contribution in [0.4, 0.5) is 5.82 Å². The van der Waals surface area contributed by atoms with Gasteiger partial charge in [-0.05, 0) is 128 Å². The topological polar surface area (TPSA) is 108 Å². The first-order valence-electron chi connectivity index (χ1n) is 20.9. The van der Waals surface area contributed by atoms with Crippen molar-refractivity contribution in [2.75, 3.05) is 44.2 Å². The maximum Gasteiger partial charge on any atom is 0.281 e. The Kier molecular flexibility index (Phi) is 9.94. The predicted octanol–water partition coefficient (Wildman–Crippen LogP) is 7.52. The van der Waals surface area contributed by atoms with Gasteiger partial charge in [-0.1, -0.05) is 56.5 Å². The molecule has 4 aromatic rings. The number of piperidine rings is 2. The van der Waals surface area contributed by atoms with Crippen molar-refractivity contribution < 1.29 is 14.4 Å². The number of hydrogen-bond donors (Lipinski definition) is 1. The number of benzene rings is 2. The van der Waals surface area contributed by atoms with Gasteiger partial charge in [-0.2, -0.15) is 4.98 Å². The Morgan fingerprint density at radius 2 is 1.78 bits per heavy atom. The van der Waals surface area contributed by atoms with Gasteiger partial charge in [0.1, 0.15) is 11.7 Å². The zero-order chi connectivity index (χ0) is 38.0. The molecule has 3 saturated heterocycles. The van der Waals surface area contributed by atoms with E-state index in [4.69, 9.17) is 9.51 Å². The van der Waals surface area contributed by atoms with Crippen molar-refractivity contribution in [3.63, 3.8) is 0 Å². The van der Waals surface area contributed by atoms with Gasteiger partial charge in [0.25, 0.3) is 5.56 Å². The molecule has 11 heteroatoms. The van der Waals surface area contributed by atoms with E-state index in [1.807, 2.05) is 30.0 Å². The standard InChI is InChI=1S/C44H55BrN6O4/c1-27(2)39(42(54)50-26-32(52)22-28(50)3)37-24-38(47-55-37)49-20-12-29(13-21-49)25-48-18-14-30(15-19-48)31-10-11-35-33(23-31)44(16-5-4-6-17-44)43-46-41(53)40-34(45)8-7-9-36(40)51(35)43/h7-11,23-24,27-30,32,39,52H,4-6,12-22,25-26H2,1-3H3/t28-,32-,39?/m1/s1. The number of anilines is 1. The number of likely N-dealkylation sites (tertiary alicyclic amines) is 2. The molecule has 1 spiro atoms. The van der Waals surface area contributed by atoms with Crippen molar-refractivity contribution in [3.8, 4) is 5.69 Å². The molecule has 1 unspecified atom stereocenters. The van der Waals surface area contributed by atoms with Crippen molar-refractivity contribution in [3.05, 3.63) is 80.0 Å². The lowest BCUT2D eigenvalue weighted by atomic mass is 9.69. The lowest BCUT2D eigenvalue weighted by molar-refractivity contribution is -0.135. The Morgan fingerprint density at radius 3 is 2.49 bits per heavy atom. The van der Waals surface area contributed by atoms with Gasteiger partial charge in [0, 0.05) is 42.8 Å². The van der Waals surface area contributed by atoms with Crippen LogP contribution in [0.3, 0.4) is 0 Å². The average molecular weight is 812 g/mol. The summed E-state index contributed by atoms with van der Waals surface area (Å²) >= 11 is 3.64. The van der Waals surface area contributed by atoms with E-state index in [1.165, 1.54) is 23.2 Å². The summed E-state index contributed by atoms with van der Waals surface area (Å²) in [5.74, 6) is 3.29. The maximum absolute atomic E-state index is 13.6. The fourth-order valence-electron chi connectivity index (χ4n) is 10.9. The smallest absolute Gasteiger partial charge is 0.281 e. The highest BCUT2D eigenvalue weighted by Gasteiger charge is 2.47. The van der Waals surface area contributed by atoms with Crippen LogP contribution in [0.5, 0.6) is 0 Å². The van der Waals surface area contributed by atoms with Crippen molar-refractivity contribution in [2.24, 2.45) is 11.8 Å². The third-order valence-corrected chi connectivity index (χ3v) is 14.5. The molecule has 2 aromatic heterocycles. The Labute approximate surface area is 332 Å². The van der Waals surface area contributed by atoms with Gasteiger partial charge in [-0.15, -0.1) is 0 Å². The van der Waals surface area contributed by atoms with Crippen molar-refractivity contribution in [1.82, 2.24) is 24.5 Å². The second kappa shape index (κ2) is 14.8. The molecule has 9 rings (SSSR count). The Hall–Kier alpha value is -3.54. The van der Waals surface area contributed by atoms with Crippen LogP contribution in [0.2, 0.25) is 0 Å². The molecule has 3 atom stereocenters. The number of hydrogen-bond acceptors (Lipinski definition) is 8. The van der Waals surface area contributed by atoms with Crippen LogP contribution in [-0.4, -0.2) is 86.9 Å². The van der Waals surface area contributed by atoms with E-state index in [0.717, 1.165) is 106 Å². The summed E-state index contributed by atoms with van der Waals surface area (Å²) in [4.78, 5) is 38.7. The van der Waals surface area contributed by atoms with Crippen LogP contribution in [0, 0.1) is 11.8 Å². The molecular weight excluding hydrogens is 756 g/mol. The number of aliphatic hydroxyl groups excluding tert-OH is 1. The van der Waals surface area contributed by atoms with Crippen LogP contribution >= 0.6 is 15.9 Å². The zero-order valence-corrected chi connectivity index (χ0v) is 34.1. The minimum absolute atomic E-state index is 0.0246. The SMILES string of the molecule is CC(C)C(C(=O)N1C[C@H](O)C[C@H]1C)c1cc(N2CCC(CN3CCC(c4ccc5c(c4)C4(CCCCC4)c4nc(=O)c6c(Br)cccc6n4-5)CC3)CC2)no1. The third-order valence-electron chi connectivity index (χ3n) is 13.9.